The number of benzene rings is 1. The Morgan fingerprint density at radius 3 is 3.15 bits per heavy atom. The molecule has 2 aromatic rings. The van der Waals surface area contributed by atoms with E-state index >= 15 is 0 Å². The lowest BCUT2D eigenvalue weighted by atomic mass is 10.0. The second kappa shape index (κ2) is 7.97. The number of nitrogens with one attached hydrogen (secondary N) is 1. The van der Waals surface area contributed by atoms with Crippen LogP contribution in [0.5, 0.6) is 17.2 Å². The third-order valence-corrected chi connectivity index (χ3v) is 5.37. The average Bonchev–Trinajstić information content (AvgIpc) is 3.40. The number of fused-ring (bicyclic) bond motifs is 1. The van der Waals surface area contributed by atoms with Crippen molar-refractivity contribution in [2.75, 3.05) is 27.0 Å². The fourth-order valence-corrected chi connectivity index (χ4v) is 3.87. The molecule has 4 rings (SSSR count). The molecule has 1 unspecified atom stereocenters. The fourth-order valence-electron chi connectivity index (χ4n) is 3.16. The van der Waals surface area contributed by atoms with Crippen molar-refractivity contribution in [2.24, 2.45) is 5.16 Å². The zero-order chi connectivity index (χ0) is 17.8. The van der Waals surface area contributed by atoms with Crippen molar-refractivity contribution in [2.45, 2.75) is 25.4 Å². The fraction of sp³-hybridized carbons (Fsp3) is 0.421. The first-order valence-electron chi connectivity index (χ1n) is 8.73. The molecule has 138 valence electrons. The Kier molecular flexibility index (Phi) is 5.26. The van der Waals surface area contributed by atoms with E-state index in [0.29, 0.717) is 11.5 Å². The molecule has 0 amide bonds. The molecule has 0 spiro atoms. The molecule has 0 fully saturated rings. The van der Waals surface area contributed by atoms with E-state index in [1.165, 1.54) is 4.88 Å². The molecule has 6 nitrogen and oxygen atoms in total. The minimum absolute atomic E-state index is 0.0502. The maximum atomic E-state index is 5.60. The summed E-state index contributed by atoms with van der Waals surface area (Å²) in [6.07, 6.45) is 2.69. The smallest absolute Gasteiger partial charge is 0.231 e. The summed E-state index contributed by atoms with van der Waals surface area (Å²) in [4.78, 5) is 7.00. The number of hydrogen-bond acceptors (Lipinski definition) is 7. The van der Waals surface area contributed by atoms with Gasteiger partial charge in [0.15, 0.2) is 11.5 Å². The van der Waals surface area contributed by atoms with Crippen LogP contribution in [0.1, 0.15) is 16.9 Å². The predicted molar refractivity (Wildman–Crippen MR) is 101 cm³/mol. The van der Waals surface area contributed by atoms with Crippen LogP contribution < -0.4 is 19.5 Å². The molecule has 1 aromatic heterocycles. The predicted octanol–water partition coefficient (Wildman–Crippen LogP) is 3.01. The SMILES string of the molecule is COc1cc(CC2CC(CNCCc3cccs3)=NO2)cc2c1OCO2. The van der Waals surface area contributed by atoms with Gasteiger partial charge in [-0.2, -0.15) is 0 Å². The summed E-state index contributed by atoms with van der Waals surface area (Å²) in [5, 5.41) is 9.79. The third-order valence-electron chi connectivity index (χ3n) is 4.43. The van der Waals surface area contributed by atoms with Gasteiger partial charge in [-0.3, -0.25) is 0 Å². The van der Waals surface area contributed by atoms with Gasteiger partial charge < -0.3 is 24.4 Å². The van der Waals surface area contributed by atoms with E-state index < -0.39 is 0 Å². The molecule has 0 radical (unpaired) electrons. The summed E-state index contributed by atoms with van der Waals surface area (Å²) >= 11 is 1.79. The van der Waals surface area contributed by atoms with E-state index in [-0.39, 0.29) is 12.9 Å². The van der Waals surface area contributed by atoms with E-state index in [1.807, 2.05) is 12.1 Å². The Morgan fingerprint density at radius 2 is 2.31 bits per heavy atom. The lowest BCUT2D eigenvalue weighted by Crippen LogP contribution is -2.25. The summed E-state index contributed by atoms with van der Waals surface area (Å²) in [7, 11) is 1.64. The summed E-state index contributed by atoms with van der Waals surface area (Å²) < 4.78 is 16.3. The van der Waals surface area contributed by atoms with Crippen molar-refractivity contribution in [1.82, 2.24) is 5.32 Å². The highest BCUT2D eigenvalue weighted by atomic mass is 32.1. The van der Waals surface area contributed by atoms with Crippen LogP contribution in [0, 0.1) is 0 Å². The van der Waals surface area contributed by atoms with Gasteiger partial charge in [0.25, 0.3) is 0 Å². The van der Waals surface area contributed by atoms with Crippen molar-refractivity contribution in [1.29, 1.82) is 0 Å². The number of nitrogens with zero attached hydrogens (tertiary/aromatic N) is 1. The van der Waals surface area contributed by atoms with Crippen LogP contribution in [0.3, 0.4) is 0 Å². The highest BCUT2D eigenvalue weighted by molar-refractivity contribution is 7.09. The van der Waals surface area contributed by atoms with Crippen molar-refractivity contribution in [3.63, 3.8) is 0 Å². The van der Waals surface area contributed by atoms with E-state index in [1.54, 1.807) is 18.4 Å². The molecule has 3 heterocycles. The molecular weight excluding hydrogens is 352 g/mol. The van der Waals surface area contributed by atoms with E-state index in [2.05, 4.69) is 28.0 Å². The highest BCUT2D eigenvalue weighted by Crippen LogP contribution is 2.42. The summed E-state index contributed by atoms with van der Waals surface area (Å²) in [5.41, 5.74) is 2.16. The number of rotatable bonds is 8. The van der Waals surface area contributed by atoms with Crippen LogP contribution >= 0.6 is 11.3 Å². The van der Waals surface area contributed by atoms with E-state index in [4.69, 9.17) is 19.0 Å². The quantitative estimate of drug-likeness (QED) is 0.720. The van der Waals surface area contributed by atoms with Gasteiger partial charge in [-0.25, -0.2) is 0 Å². The molecule has 0 saturated carbocycles. The minimum atomic E-state index is 0.0502. The van der Waals surface area contributed by atoms with Crippen LogP contribution in [-0.2, 0) is 17.7 Å². The van der Waals surface area contributed by atoms with Crippen molar-refractivity contribution in [3.05, 3.63) is 40.1 Å². The Balaban J connectivity index is 1.25. The molecule has 1 atom stereocenters. The normalized spacial score (nSPS) is 17.9. The summed E-state index contributed by atoms with van der Waals surface area (Å²) in [5.74, 6) is 2.11. The Morgan fingerprint density at radius 1 is 1.35 bits per heavy atom. The number of hydrogen-bond donors (Lipinski definition) is 1. The zero-order valence-electron chi connectivity index (χ0n) is 14.7. The minimum Gasteiger partial charge on any atom is -0.493 e. The molecule has 0 bridgehead atoms. The van der Waals surface area contributed by atoms with Gasteiger partial charge in [0.1, 0.15) is 6.10 Å². The second-order valence-corrected chi connectivity index (χ2v) is 7.36. The molecule has 26 heavy (non-hydrogen) atoms. The number of oxime groups is 1. The van der Waals surface area contributed by atoms with E-state index in [0.717, 1.165) is 49.4 Å². The van der Waals surface area contributed by atoms with Crippen LogP contribution in [0.4, 0.5) is 0 Å². The Bertz CT molecular complexity index is 776. The van der Waals surface area contributed by atoms with E-state index in [9.17, 15) is 0 Å². The standard InChI is InChI=1S/C19H22N2O4S/c1-22-17-8-13(9-18-19(17)24-12-23-18)7-15-10-14(21-25-15)11-20-5-4-16-3-2-6-26-16/h2-3,6,8-9,15,20H,4-5,7,10-12H2,1H3. The highest BCUT2D eigenvalue weighted by Gasteiger charge is 2.24. The van der Waals surface area contributed by atoms with Gasteiger partial charge in [0.2, 0.25) is 12.5 Å². The van der Waals surface area contributed by atoms with Crippen molar-refractivity contribution >= 4 is 17.0 Å². The van der Waals surface area contributed by atoms with Gasteiger partial charge in [0.05, 0.1) is 12.8 Å². The van der Waals surface area contributed by atoms with Crippen LogP contribution in [0.15, 0.2) is 34.8 Å². The number of methoxy groups -OCH3 is 1. The van der Waals surface area contributed by atoms with Gasteiger partial charge in [-0.1, -0.05) is 11.2 Å². The van der Waals surface area contributed by atoms with Gasteiger partial charge >= 0.3 is 0 Å². The molecular formula is C19H22N2O4S. The largest absolute Gasteiger partial charge is 0.493 e. The molecule has 1 N–H and O–H groups in total. The number of thiophene rings is 1. The van der Waals surface area contributed by atoms with Crippen molar-refractivity contribution < 1.29 is 19.0 Å². The summed E-state index contributed by atoms with van der Waals surface area (Å²) in [6.45, 7) is 1.95. The monoisotopic (exact) mass is 374 g/mol. The second-order valence-electron chi connectivity index (χ2n) is 6.33. The molecule has 7 heteroatoms. The third kappa shape index (κ3) is 3.94. The van der Waals surface area contributed by atoms with Gasteiger partial charge in [0, 0.05) is 30.8 Å². The van der Waals surface area contributed by atoms with Crippen LogP contribution in [-0.4, -0.2) is 38.8 Å². The lowest BCUT2D eigenvalue weighted by Gasteiger charge is -2.11. The topological polar surface area (TPSA) is 61.3 Å². The first-order chi connectivity index (χ1) is 12.8. The maximum Gasteiger partial charge on any atom is 0.231 e. The molecule has 2 aliphatic rings. The van der Waals surface area contributed by atoms with Gasteiger partial charge in [-0.15, -0.1) is 11.3 Å². The Labute approximate surface area is 156 Å². The number of ether oxygens (including phenoxy) is 3. The van der Waals surface area contributed by atoms with Crippen molar-refractivity contribution in [3.8, 4) is 17.2 Å². The Hall–Kier alpha value is -2.25. The molecule has 2 aliphatic heterocycles. The molecule has 0 aliphatic carbocycles. The molecule has 1 aromatic carbocycles. The zero-order valence-corrected chi connectivity index (χ0v) is 15.5. The lowest BCUT2D eigenvalue weighted by molar-refractivity contribution is 0.0858. The van der Waals surface area contributed by atoms with Crippen LogP contribution in [0.2, 0.25) is 0 Å². The first kappa shape index (κ1) is 17.2. The maximum absolute atomic E-state index is 5.60. The van der Waals surface area contributed by atoms with Gasteiger partial charge in [-0.05, 0) is 35.6 Å². The van der Waals surface area contributed by atoms with Crippen LogP contribution in [0.25, 0.3) is 0 Å². The average molecular weight is 374 g/mol. The first-order valence-corrected chi connectivity index (χ1v) is 9.61. The summed E-state index contributed by atoms with van der Waals surface area (Å²) in [6, 6.07) is 8.22. The molecule has 0 saturated heterocycles.